The van der Waals surface area contributed by atoms with E-state index in [1.807, 2.05) is 91.7 Å². The summed E-state index contributed by atoms with van der Waals surface area (Å²) in [6, 6.07) is 18.9. The maximum atomic E-state index is 14.1. The smallest absolute Gasteiger partial charge is 0.242 e. The van der Waals surface area contributed by atoms with Crippen LogP contribution >= 0.6 is 11.3 Å². The van der Waals surface area contributed by atoms with Gasteiger partial charge < -0.3 is 29.9 Å². The van der Waals surface area contributed by atoms with Gasteiger partial charge in [0.1, 0.15) is 5.01 Å². The van der Waals surface area contributed by atoms with Crippen LogP contribution in [0.1, 0.15) is 75.1 Å². The quantitative estimate of drug-likeness (QED) is 0.172. The predicted molar refractivity (Wildman–Crippen MR) is 209 cm³/mol. The molecule has 12 heteroatoms. The fourth-order valence-electron chi connectivity index (χ4n) is 7.86. The number of nitrogens with one attached hydrogen (secondary N) is 2. The Hall–Kier alpha value is -4.13. The van der Waals surface area contributed by atoms with E-state index in [1.165, 1.54) is 11.3 Å². The number of likely N-dealkylation sites (tertiary alicyclic amines) is 1. The summed E-state index contributed by atoms with van der Waals surface area (Å²) < 4.78 is 12.0. The van der Waals surface area contributed by atoms with E-state index in [9.17, 15) is 19.2 Å². The molecule has 1 saturated heterocycles. The van der Waals surface area contributed by atoms with Crippen molar-refractivity contribution < 1.29 is 28.7 Å². The maximum absolute atomic E-state index is 14.1. The number of hydrogen-bond donors (Lipinski definition) is 2. The van der Waals surface area contributed by atoms with Gasteiger partial charge in [-0.05, 0) is 55.6 Å². The molecule has 1 aliphatic heterocycles. The van der Waals surface area contributed by atoms with Gasteiger partial charge in [-0.25, -0.2) is 4.98 Å². The lowest BCUT2D eigenvalue weighted by Crippen LogP contribution is -2.53. The molecule has 2 aromatic carbocycles. The van der Waals surface area contributed by atoms with Gasteiger partial charge in [0.15, 0.2) is 0 Å². The van der Waals surface area contributed by atoms with Crippen LogP contribution in [-0.2, 0) is 41.5 Å². The summed E-state index contributed by atoms with van der Waals surface area (Å²) in [4.78, 5) is 62.7. The third-order valence-corrected chi connectivity index (χ3v) is 11.9. The first-order valence-corrected chi connectivity index (χ1v) is 20.0. The molecule has 0 spiro atoms. The molecule has 2 N–H and O–H groups in total. The first kappa shape index (κ1) is 41.0. The summed E-state index contributed by atoms with van der Waals surface area (Å²) in [7, 11) is 4.92. The Bertz CT molecular complexity index is 1670. The minimum Gasteiger partial charge on any atom is -0.379 e. The Balaban J connectivity index is 1.20. The molecule has 292 valence electrons. The molecule has 3 aromatic rings. The summed E-state index contributed by atoms with van der Waals surface area (Å²) in [5.41, 5.74) is 1.45. The van der Waals surface area contributed by atoms with Gasteiger partial charge in [-0.15, -0.1) is 11.3 Å². The highest BCUT2D eigenvalue weighted by molar-refractivity contribution is 7.09. The number of ether oxygens (including phenoxy) is 2. The van der Waals surface area contributed by atoms with Gasteiger partial charge in [0, 0.05) is 44.8 Å². The molecule has 2 heterocycles. The molecule has 6 atom stereocenters. The van der Waals surface area contributed by atoms with Gasteiger partial charge in [-0.3, -0.25) is 19.2 Å². The van der Waals surface area contributed by atoms with Crippen LogP contribution in [0, 0.1) is 17.3 Å². The Morgan fingerprint density at radius 2 is 1.65 bits per heavy atom. The number of rotatable bonds is 19. The van der Waals surface area contributed by atoms with E-state index in [1.54, 1.807) is 32.4 Å². The van der Waals surface area contributed by atoms with E-state index in [2.05, 4.69) is 15.6 Å². The van der Waals surface area contributed by atoms with Gasteiger partial charge in [0.05, 0.1) is 49.2 Å². The van der Waals surface area contributed by atoms with Crippen LogP contribution in [-0.4, -0.2) is 97.1 Å². The molecule has 5 rings (SSSR count). The van der Waals surface area contributed by atoms with Gasteiger partial charge in [-0.1, -0.05) is 81.4 Å². The second-order valence-electron chi connectivity index (χ2n) is 15.4. The molecule has 0 radical (unpaired) electrons. The number of methoxy groups -OCH3 is 2. The number of hydrogen-bond acceptors (Lipinski definition) is 8. The van der Waals surface area contributed by atoms with Crippen LogP contribution in [0.2, 0.25) is 0 Å². The second kappa shape index (κ2) is 19.0. The van der Waals surface area contributed by atoms with E-state index in [0.29, 0.717) is 25.8 Å². The highest BCUT2D eigenvalue weighted by atomic mass is 32.1. The zero-order valence-corrected chi connectivity index (χ0v) is 33.3. The first-order valence-electron chi connectivity index (χ1n) is 19.1. The van der Waals surface area contributed by atoms with E-state index < -0.39 is 23.5 Å². The van der Waals surface area contributed by atoms with Gasteiger partial charge in [-0.2, -0.15) is 0 Å². The number of carbonyl (C=O) groups is 4. The number of benzene rings is 2. The summed E-state index contributed by atoms with van der Waals surface area (Å²) in [5, 5.41) is 8.83. The van der Waals surface area contributed by atoms with E-state index in [4.69, 9.17) is 9.47 Å². The van der Waals surface area contributed by atoms with Crippen molar-refractivity contribution in [2.75, 3.05) is 34.4 Å². The van der Waals surface area contributed by atoms with Crippen molar-refractivity contribution in [1.82, 2.24) is 25.4 Å². The Morgan fingerprint density at radius 1 is 0.981 bits per heavy atom. The molecule has 11 nitrogen and oxygen atoms in total. The molecule has 6 unspecified atom stereocenters. The number of nitrogens with zero attached hydrogens (tertiary/aromatic N) is 3. The molecule has 1 aromatic heterocycles. The minimum atomic E-state index is -0.701. The normalized spacial score (nSPS) is 18.6. The van der Waals surface area contributed by atoms with Crippen LogP contribution in [0.3, 0.4) is 0 Å². The number of thiazole rings is 1. The summed E-state index contributed by atoms with van der Waals surface area (Å²) >= 11 is 1.51. The van der Waals surface area contributed by atoms with Crippen LogP contribution in [0.4, 0.5) is 0 Å². The fourth-order valence-corrected chi connectivity index (χ4v) is 8.55. The summed E-state index contributed by atoms with van der Waals surface area (Å²) in [6.07, 6.45) is 5.30. The summed E-state index contributed by atoms with van der Waals surface area (Å²) in [6.45, 7) is 6.02. The third-order valence-electron chi connectivity index (χ3n) is 11.0. The molecular weight excluding hydrogens is 703 g/mol. The maximum Gasteiger partial charge on any atom is 0.242 e. The molecule has 1 saturated carbocycles. The monoisotopic (exact) mass is 759 g/mol. The average Bonchev–Trinajstić information content (AvgIpc) is 3.61. The Morgan fingerprint density at radius 3 is 2.24 bits per heavy atom. The number of aromatic nitrogens is 1. The van der Waals surface area contributed by atoms with Crippen molar-refractivity contribution in [3.8, 4) is 0 Å². The van der Waals surface area contributed by atoms with E-state index in [-0.39, 0.29) is 60.6 Å². The fraction of sp³-hybridized carbons (Fsp3) is 0.548. The van der Waals surface area contributed by atoms with E-state index in [0.717, 1.165) is 35.4 Å². The lowest BCUT2D eigenvalue weighted by Gasteiger charge is -2.37. The topological polar surface area (TPSA) is 130 Å². The minimum absolute atomic E-state index is 0.0858. The van der Waals surface area contributed by atoms with Crippen molar-refractivity contribution >= 4 is 35.0 Å². The summed E-state index contributed by atoms with van der Waals surface area (Å²) in [5.74, 6) is -1.01. The molecule has 2 fully saturated rings. The molecule has 1 aliphatic carbocycles. The molecule has 2 aliphatic rings. The number of likely N-dealkylation sites (N-methyl/N-ethyl adjacent to an activating group) is 1. The first-order chi connectivity index (χ1) is 25.9. The van der Waals surface area contributed by atoms with Crippen molar-refractivity contribution in [2.24, 2.45) is 17.3 Å². The van der Waals surface area contributed by atoms with Crippen LogP contribution in [0.15, 0.2) is 72.2 Å². The largest absolute Gasteiger partial charge is 0.379 e. The van der Waals surface area contributed by atoms with Crippen molar-refractivity contribution in [3.63, 3.8) is 0 Å². The zero-order valence-electron chi connectivity index (χ0n) is 32.5. The number of amides is 4. The standard InChI is InChI=1S/C42H57N5O6S/c1-28(39(50)45-32(40-43-21-23-54-40)24-29-14-9-7-10-15-29)38(53-6)33-18-13-22-47(33)35(48)25-34(52-5)37(31-19-20-31)46(4)36(49)27-44-41(51)42(2,3)26-30-16-11-8-12-17-30/h7-12,14-17,21,23,28,31-34,37-38H,13,18-20,22,24-27H2,1-6H3,(H,44,51)(H,45,50). The third kappa shape index (κ3) is 10.5. The zero-order chi connectivity index (χ0) is 38.8. The molecule has 0 bridgehead atoms. The van der Waals surface area contributed by atoms with Crippen LogP contribution in [0.5, 0.6) is 0 Å². The predicted octanol–water partition coefficient (Wildman–Crippen LogP) is 5.21. The SMILES string of the molecule is COC(CC(=O)N1CCCC1C(OC)C(C)C(=O)NC(Cc1ccccc1)c1nccs1)C(C1CC1)N(C)C(=O)CNC(=O)C(C)(C)Cc1ccccc1. The average molecular weight is 760 g/mol. The lowest BCUT2D eigenvalue weighted by molar-refractivity contribution is -0.145. The van der Waals surface area contributed by atoms with Gasteiger partial charge in [0.25, 0.3) is 0 Å². The Kier molecular flexibility index (Phi) is 14.4. The highest BCUT2D eigenvalue weighted by Gasteiger charge is 2.45. The Labute approximate surface area is 324 Å². The lowest BCUT2D eigenvalue weighted by atomic mass is 9.85. The van der Waals surface area contributed by atoms with Crippen molar-refractivity contribution in [2.45, 2.75) is 96.1 Å². The van der Waals surface area contributed by atoms with Gasteiger partial charge in [0.2, 0.25) is 23.6 Å². The molecular formula is C42H57N5O6S. The van der Waals surface area contributed by atoms with Crippen molar-refractivity contribution in [1.29, 1.82) is 0 Å². The highest BCUT2D eigenvalue weighted by Crippen LogP contribution is 2.39. The van der Waals surface area contributed by atoms with E-state index >= 15 is 0 Å². The van der Waals surface area contributed by atoms with Gasteiger partial charge >= 0.3 is 0 Å². The number of carbonyl (C=O) groups excluding carboxylic acids is 4. The van der Waals surface area contributed by atoms with Crippen LogP contribution < -0.4 is 10.6 Å². The second-order valence-corrected chi connectivity index (χ2v) is 16.4. The van der Waals surface area contributed by atoms with Crippen molar-refractivity contribution in [3.05, 3.63) is 88.4 Å². The molecule has 54 heavy (non-hydrogen) atoms. The van der Waals surface area contributed by atoms with Crippen LogP contribution in [0.25, 0.3) is 0 Å². The molecule has 4 amide bonds.